The number of hydrogen-bond acceptors (Lipinski definition) is 8. The highest BCUT2D eigenvalue weighted by molar-refractivity contribution is 5.83. The summed E-state index contributed by atoms with van der Waals surface area (Å²) in [6, 6.07) is 6.66. The number of hydrogen-bond donors (Lipinski definition) is 1. The van der Waals surface area contributed by atoms with Crippen LogP contribution in [0.25, 0.3) is 11.0 Å². The smallest absolute Gasteiger partial charge is 0.416 e. The lowest BCUT2D eigenvalue weighted by Crippen LogP contribution is -2.28. The van der Waals surface area contributed by atoms with Crippen molar-refractivity contribution in [2.45, 2.75) is 25.7 Å². The van der Waals surface area contributed by atoms with Crippen molar-refractivity contribution in [3.05, 3.63) is 74.1 Å². The standard InChI is InChI=1S/C21H17F3N2O7/c1-11(25-16-6-3-13(21(22,23)24)8-17(16)26(29)30)20(28)32-10-12-7-19(27)33-18-9-14(31-2)4-5-15(12)18/h3-9,11,25H,10H2,1-2H3. The zero-order chi connectivity index (χ0) is 24.3. The fourth-order valence-corrected chi connectivity index (χ4v) is 3.00. The zero-order valence-electron chi connectivity index (χ0n) is 17.3. The fourth-order valence-electron chi connectivity index (χ4n) is 3.00. The third-order valence-corrected chi connectivity index (χ3v) is 4.65. The Morgan fingerprint density at radius 2 is 1.94 bits per heavy atom. The van der Waals surface area contributed by atoms with Gasteiger partial charge in [-0.15, -0.1) is 0 Å². The van der Waals surface area contributed by atoms with Gasteiger partial charge in [-0.1, -0.05) is 0 Å². The molecule has 33 heavy (non-hydrogen) atoms. The molecule has 1 atom stereocenters. The van der Waals surface area contributed by atoms with Crippen molar-refractivity contribution in [1.29, 1.82) is 0 Å². The van der Waals surface area contributed by atoms with Crippen molar-refractivity contribution in [2.75, 3.05) is 12.4 Å². The number of ether oxygens (including phenoxy) is 2. The molecule has 2 aromatic carbocycles. The van der Waals surface area contributed by atoms with E-state index in [9.17, 15) is 32.9 Å². The highest BCUT2D eigenvalue weighted by Gasteiger charge is 2.33. The molecule has 1 aromatic heterocycles. The summed E-state index contributed by atoms with van der Waals surface area (Å²) in [7, 11) is 1.44. The van der Waals surface area contributed by atoms with Crippen molar-refractivity contribution in [2.24, 2.45) is 0 Å². The van der Waals surface area contributed by atoms with Crippen LogP contribution in [0.3, 0.4) is 0 Å². The molecule has 0 spiro atoms. The van der Waals surface area contributed by atoms with Crippen molar-refractivity contribution in [3.63, 3.8) is 0 Å². The largest absolute Gasteiger partial charge is 0.497 e. The maximum atomic E-state index is 12.8. The maximum absolute atomic E-state index is 12.8. The van der Waals surface area contributed by atoms with Crippen molar-refractivity contribution in [1.82, 2.24) is 0 Å². The minimum Gasteiger partial charge on any atom is -0.497 e. The van der Waals surface area contributed by atoms with Crippen LogP contribution in [-0.2, 0) is 22.3 Å². The van der Waals surface area contributed by atoms with E-state index < -0.39 is 40.0 Å². The molecule has 12 heteroatoms. The predicted molar refractivity (Wildman–Crippen MR) is 110 cm³/mol. The van der Waals surface area contributed by atoms with E-state index in [4.69, 9.17) is 13.9 Å². The molecule has 1 N–H and O–H groups in total. The molecule has 0 aliphatic rings. The number of nitrogens with zero attached hydrogens (tertiary/aromatic N) is 1. The van der Waals surface area contributed by atoms with Gasteiger partial charge in [0, 0.05) is 29.1 Å². The fraction of sp³-hybridized carbons (Fsp3) is 0.238. The van der Waals surface area contributed by atoms with Gasteiger partial charge in [-0.2, -0.15) is 13.2 Å². The summed E-state index contributed by atoms with van der Waals surface area (Å²) in [4.78, 5) is 34.4. The number of fused-ring (bicyclic) bond motifs is 1. The van der Waals surface area contributed by atoms with Crippen LogP contribution in [0.15, 0.2) is 51.7 Å². The second-order valence-corrected chi connectivity index (χ2v) is 6.91. The van der Waals surface area contributed by atoms with E-state index in [1.165, 1.54) is 20.1 Å². The molecule has 9 nitrogen and oxygen atoms in total. The average Bonchev–Trinajstić information content (AvgIpc) is 2.75. The van der Waals surface area contributed by atoms with Gasteiger partial charge in [0.05, 0.1) is 17.6 Å². The van der Waals surface area contributed by atoms with Gasteiger partial charge in [0.15, 0.2) is 0 Å². The van der Waals surface area contributed by atoms with E-state index in [2.05, 4.69) is 5.32 Å². The van der Waals surface area contributed by atoms with E-state index in [-0.39, 0.29) is 17.9 Å². The van der Waals surface area contributed by atoms with Crippen LogP contribution in [0.1, 0.15) is 18.1 Å². The monoisotopic (exact) mass is 466 g/mol. The lowest BCUT2D eigenvalue weighted by Gasteiger charge is -2.16. The van der Waals surface area contributed by atoms with Gasteiger partial charge in [0.2, 0.25) is 0 Å². The third-order valence-electron chi connectivity index (χ3n) is 4.65. The Bertz CT molecular complexity index is 1270. The van der Waals surface area contributed by atoms with Crippen LogP contribution in [0, 0.1) is 10.1 Å². The first-order chi connectivity index (χ1) is 15.5. The molecular weight excluding hydrogens is 449 g/mol. The number of rotatable bonds is 7. The SMILES string of the molecule is COc1ccc2c(COC(=O)C(C)Nc3ccc(C(F)(F)F)cc3[N+](=O)[O-])cc(=O)oc2c1. The molecule has 3 aromatic rings. The topological polar surface area (TPSA) is 121 Å². The molecule has 0 amide bonds. The van der Waals surface area contributed by atoms with E-state index in [1.807, 2.05) is 0 Å². The van der Waals surface area contributed by atoms with E-state index >= 15 is 0 Å². The first-order valence-electron chi connectivity index (χ1n) is 9.39. The number of alkyl halides is 3. The van der Waals surface area contributed by atoms with Crippen LogP contribution in [0.4, 0.5) is 24.5 Å². The molecule has 3 rings (SSSR count). The summed E-state index contributed by atoms with van der Waals surface area (Å²) in [5.74, 6) is -0.394. The molecule has 0 aliphatic heterocycles. The van der Waals surface area contributed by atoms with Gasteiger partial charge in [-0.25, -0.2) is 9.59 Å². The van der Waals surface area contributed by atoms with Crippen LogP contribution >= 0.6 is 0 Å². The molecule has 0 fully saturated rings. The van der Waals surface area contributed by atoms with E-state index in [0.29, 0.717) is 28.8 Å². The Morgan fingerprint density at radius 1 is 1.21 bits per heavy atom. The van der Waals surface area contributed by atoms with Gasteiger partial charge in [-0.3, -0.25) is 10.1 Å². The number of nitrogens with one attached hydrogen (secondary N) is 1. The predicted octanol–water partition coefficient (Wildman–Crippen LogP) is 4.27. The van der Waals surface area contributed by atoms with Crippen LogP contribution in [0.2, 0.25) is 0 Å². The summed E-state index contributed by atoms with van der Waals surface area (Å²) >= 11 is 0. The van der Waals surface area contributed by atoms with Crippen LogP contribution in [-0.4, -0.2) is 24.0 Å². The van der Waals surface area contributed by atoms with Crippen molar-refractivity contribution in [3.8, 4) is 5.75 Å². The summed E-state index contributed by atoms with van der Waals surface area (Å²) in [5.41, 5.74) is -2.42. The molecule has 0 radical (unpaired) electrons. The Labute approximate surface area is 183 Å². The first-order valence-corrected chi connectivity index (χ1v) is 9.39. The highest BCUT2D eigenvalue weighted by atomic mass is 19.4. The summed E-state index contributed by atoms with van der Waals surface area (Å²) in [5, 5.41) is 14.2. The van der Waals surface area contributed by atoms with Crippen LogP contribution < -0.4 is 15.7 Å². The molecule has 0 bridgehead atoms. The zero-order valence-corrected chi connectivity index (χ0v) is 17.3. The second kappa shape index (κ2) is 9.18. The normalized spacial score (nSPS) is 12.3. The number of esters is 1. The van der Waals surface area contributed by atoms with Crippen LogP contribution in [0.5, 0.6) is 5.75 Å². The Hall–Kier alpha value is -4.09. The number of nitro groups is 1. The molecule has 0 aliphatic carbocycles. The minimum absolute atomic E-state index is 0.222. The molecule has 1 heterocycles. The number of carbonyl (C=O) groups excluding carboxylic acids is 1. The summed E-state index contributed by atoms with van der Waals surface area (Å²) < 4.78 is 53.9. The Kier molecular flexibility index (Phi) is 6.56. The molecule has 174 valence electrons. The first kappa shape index (κ1) is 23.6. The highest BCUT2D eigenvalue weighted by Crippen LogP contribution is 2.35. The number of halogens is 3. The molecule has 1 unspecified atom stereocenters. The number of carbonyl (C=O) groups is 1. The van der Waals surface area contributed by atoms with Crippen molar-refractivity contribution < 1.29 is 36.8 Å². The quantitative estimate of drug-likeness (QED) is 0.237. The van der Waals surface area contributed by atoms with Gasteiger partial charge in [0.25, 0.3) is 5.69 Å². The third kappa shape index (κ3) is 5.40. The number of nitro benzene ring substituents is 1. The molecule has 0 saturated carbocycles. The lowest BCUT2D eigenvalue weighted by atomic mass is 10.1. The lowest BCUT2D eigenvalue weighted by molar-refractivity contribution is -0.384. The van der Waals surface area contributed by atoms with Gasteiger partial charge < -0.3 is 19.2 Å². The summed E-state index contributed by atoms with van der Waals surface area (Å²) in [6.07, 6.45) is -4.76. The second-order valence-electron chi connectivity index (χ2n) is 6.91. The van der Waals surface area contributed by atoms with Gasteiger partial charge >= 0.3 is 17.8 Å². The Morgan fingerprint density at radius 3 is 2.58 bits per heavy atom. The van der Waals surface area contributed by atoms with Gasteiger partial charge in [-0.05, 0) is 31.2 Å². The minimum atomic E-state index is -4.76. The molecular formula is C21H17F3N2O7. The molecule has 0 saturated heterocycles. The number of methoxy groups -OCH3 is 1. The summed E-state index contributed by atoms with van der Waals surface area (Å²) in [6.45, 7) is 1.01. The number of benzene rings is 2. The van der Waals surface area contributed by atoms with Crippen molar-refractivity contribution >= 4 is 28.3 Å². The average molecular weight is 466 g/mol. The van der Waals surface area contributed by atoms with E-state index in [0.717, 1.165) is 12.1 Å². The Balaban J connectivity index is 1.76. The maximum Gasteiger partial charge on any atom is 0.416 e. The van der Waals surface area contributed by atoms with E-state index in [1.54, 1.807) is 12.1 Å². The number of anilines is 1. The van der Waals surface area contributed by atoms with Gasteiger partial charge in [0.1, 0.15) is 29.7 Å².